The second kappa shape index (κ2) is 11.1. The number of aromatic nitrogens is 2. The van der Waals surface area contributed by atoms with Gasteiger partial charge in [-0.3, -0.25) is 9.79 Å². The highest BCUT2D eigenvalue weighted by atomic mass is 35.5. The molecule has 1 aliphatic heterocycles. The van der Waals surface area contributed by atoms with Crippen molar-refractivity contribution < 1.29 is 19.4 Å². The summed E-state index contributed by atoms with van der Waals surface area (Å²) >= 11 is 6.55. The van der Waals surface area contributed by atoms with Gasteiger partial charge in [-0.15, -0.1) is 0 Å². The lowest BCUT2D eigenvalue weighted by atomic mass is 9.75. The third-order valence-electron chi connectivity index (χ3n) is 6.51. The summed E-state index contributed by atoms with van der Waals surface area (Å²) in [7, 11) is 0. The zero-order valence-corrected chi connectivity index (χ0v) is 23.0. The van der Waals surface area contributed by atoms with Crippen molar-refractivity contribution in [2.75, 3.05) is 13.2 Å². The largest absolute Gasteiger partial charge is 0.478 e. The van der Waals surface area contributed by atoms with Crippen LogP contribution in [0.25, 0.3) is 11.0 Å². The molecule has 0 bridgehead atoms. The number of aliphatic imine (C=N–C) groups is 1. The molecular weight excluding hydrogens is 504 g/mol. The van der Waals surface area contributed by atoms with E-state index in [0.717, 1.165) is 16.9 Å². The number of para-hydroxylation sites is 2. The predicted molar refractivity (Wildman–Crippen MR) is 149 cm³/mol. The van der Waals surface area contributed by atoms with Gasteiger partial charge in [-0.1, -0.05) is 41.9 Å². The molecule has 1 aromatic heterocycles. The van der Waals surface area contributed by atoms with Gasteiger partial charge in [-0.05, 0) is 58.4 Å². The molecule has 8 nitrogen and oxygen atoms in total. The number of fused-ring (bicyclic) bond motifs is 1. The molecule has 0 radical (unpaired) electrons. The Morgan fingerprint density at radius 2 is 1.79 bits per heavy atom. The van der Waals surface area contributed by atoms with Crippen LogP contribution < -0.4 is 5.32 Å². The third kappa shape index (κ3) is 5.81. The number of rotatable bonds is 8. The van der Waals surface area contributed by atoms with Crippen molar-refractivity contribution >= 4 is 40.2 Å². The summed E-state index contributed by atoms with van der Waals surface area (Å²) in [6.07, 6.45) is 0. The van der Waals surface area contributed by atoms with Gasteiger partial charge < -0.3 is 19.7 Å². The summed E-state index contributed by atoms with van der Waals surface area (Å²) < 4.78 is 8.03. The maximum Gasteiger partial charge on any atom is 0.334 e. The molecule has 0 saturated heterocycles. The fraction of sp³-hybridized carbons (Fsp3) is 0.379. The number of amides is 1. The number of hydrogen-bond donors (Lipinski definition) is 2. The highest BCUT2D eigenvalue weighted by Gasteiger charge is 2.43. The van der Waals surface area contributed by atoms with E-state index in [1.54, 1.807) is 31.2 Å². The van der Waals surface area contributed by atoms with Crippen molar-refractivity contribution in [3.8, 4) is 0 Å². The summed E-state index contributed by atoms with van der Waals surface area (Å²) in [5.41, 5.74) is 2.79. The Balaban J connectivity index is 1.64. The molecule has 9 heteroatoms. The van der Waals surface area contributed by atoms with E-state index in [1.807, 2.05) is 52.0 Å². The second-order valence-corrected chi connectivity index (χ2v) is 10.9. The number of halogens is 1. The van der Waals surface area contributed by atoms with Crippen LogP contribution in [-0.4, -0.2) is 51.0 Å². The number of carbonyl (C=O) groups excluding carboxylic acids is 1. The molecule has 3 aromatic rings. The van der Waals surface area contributed by atoms with Crippen molar-refractivity contribution in [1.82, 2.24) is 14.9 Å². The minimum absolute atomic E-state index is 0.0147. The zero-order valence-electron chi connectivity index (χ0n) is 22.3. The van der Waals surface area contributed by atoms with E-state index < -0.39 is 23.3 Å². The SMILES string of the molecule is CC1=NC(COCCn2c(C)nc3ccccc32)=C(C(=O)O)C(c2ccccc2Cl)C1C(=O)NC(C)(C)C. The monoisotopic (exact) mass is 536 g/mol. The number of imidazole rings is 1. The van der Waals surface area contributed by atoms with Crippen LogP contribution in [0.5, 0.6) is 0 Å². The number of carbonyl (C=O) groups is 2. The molecule has 1 aliphatic rings. The molecule has 2 aromatic carbocycles. The predicted octanol–water partition coefficient (Wildman–Crippen LogP) is 5.14. The van der Waals surface area contributed by atoms with Crippen molar-refractivity contribution in [3.05, 3.63) is 76.2 Å². The topological polar surface area (TPSA) is 106 Å². The zero-order chi connectivity index (χ0) is 27.6. The molecule has 1 amide bonds. The van der Waals surface area contributed by atoms with Gasteiger partial charge >= 0.3 is 5.97 Å². The van der Waals surface area contributed by atoms with Crippen LogP contribution in [0.1, 0.15) is 45.0 Å². The first kappa shape index (κ1) is 27.5. The minimum Gasteiger partial charge on any atom is -0.478 e. The summed E-state index contributed by atoms with van der Waals surface area (Å²) in [6.45, 7) is 10.2. The van der Waals surface area contributed by atoms with E-state index in [0.29, 0.717) is 29.4 Å². The molecule has 38 heavy (non-hydrogen) atoms. The lowest BCUT2D eigenvalue weighted by Crippen LogP contribution is -2.48. The van der Waals surface area contributed by atoms with Crippen LogP contribution >= 0.6 is 11.6 Å². The number of carboxylic acid groups (broad SMARTS) is 1. The van der Waals surface area contributed by atoms with Crippen LogP contribution in [0.4, 0.5) is 0 Å². The van der Waals surface area contributed by atoms with Crippen molar-refractivity contribution in [3.63, 3.8) is 0 Å². The van der Waals surface area contributed by atoms with E-state index >= 15 is 0 Å². The lowest BCUT2D eigenvalue weighted by molar-refractivity contribution is -0.133. The second-order valence-electron chi connectivity index (χ2n) is 10.5. The first-order chi connectivity index (χ1) is 18.0. The van der Waals surface area contributed by atoms with Crippen molar-refractivity contribution in [1.29, 1.82) is 0 Å². The average molecular weight is 537 g/mol. The molecule has 0 aliphatic carbocycles. The van der Waals surface area contributed by atoms with E-state index in [-0.39, 0.29) is 23.8 Å². The highest BCUT2D eigenvalue weighted by molar-refractivity contribution is 6.31. The number of ether oxygens (including phenoxy) is 1. The molecule has 200 valence electrons. The Morgan fingerprint density at radius 1 is 1.11 bits per heavy atom. The van der Waals surface area contributed by atoms with Crippen molar-refractivity contribution in [2.24, 2.45) is 10.9 Å². The fourth-order valence-electron chi connectivity index (χ4n) is 4.95. The Labute approximate surface area is 227 Å². The summed E-state index contributed by atoms with van der Waals surface area (Å²) in [6, 6.07) is 14.9. The first-order valence-electron chi connectivity index (χ1n) is 12.6. The number of nitrogens with zero attached hydrogens (tertiary/aromatic N) is 3. The van der Waals surface area contributed by atoms with E-state index in [4.69, 9.17) is 16.3 Å². The molecule has 2 N–H and O–H groups in total. The number of nitrogens with one attached hydrogen (secondary N) is 1. The maximum atomic E-state index is 13.4. The van der Waals surface area contributed by atoms with Gasteiger partial charge in [-0.25, -0.2) is 9.78 Å². The Morgan fingerprint density at radius 3 is 2.47 bits per heavy atom. The quantitative estimate of drug-likeness (QED) is 0.388. The Bertz CT molecular complexity index is 1430. The fourth-order valence-corrected chi connectivity index (χ4v) is 5.20. The molecule has 2 heterocycles. The van der Waals surface area contributed by atoms with E-state index in [9.17, 15) is 14.7 Å². The van der Waals surface area contributed by atoms with Crippen LogP contribution in [0.15, 0.2) is 64.8 Å². The molecule has 0 fully saturated rings. The number of aryl methyl sites for hydroxylation is 1. The van der Waals surface area contributed by atoms with Gasteiger partial charge in [-0.2, -0.15) is 0 Å². The molecule has 2 unspecified atom stereocenters. The van der Waals surface area contributed by atoms with E-state index in [2.05, 4.69) is 19.9 Å². The highest BCUT2D eigenvalue weighted by Crippen LogP contribution is 2.42. The van der Waals surface area contributed by atoms with Crippen LogP contribution in [-0.2, 0) is 20.9 Å². The summed E-state index contributed by atoms with van der Waals surface area (Å²) in [5.74, 6) is -2.23. The van der Waals surface area contributed by atoms with Gasteiger partial charge in [0.25, 0.3) is 0 Å². The Kier molecular flexibility index (Phi) is 8.04. The number of benzene rings is 2. The third-order valence-corrected chi connectivity index (χ3v) is 6.86. The van der Waals surface area contributed by atoms with Gasteiger partial charge in [0.05, 0.1) is 41.4 Å². The van der Waals surface area contributed by atoms with Crippen LogP contribution in [0.3, 0.4) is 0 Å². The standard InChI is InChI=1S/C29H33ClN4O4/c1-17-24(27(35)33-29(3,4)5)25(19-10-6-7-11-20(19)30)26(28(36)37)22(31-17)16-38-15-14-34-18(2)32-21-12-8-9-13-23(21)34/h6-13,24-25H,14-16H2,1-5H3,(H,33,35)(H,36,37). The van der Waals surface area contributed by atoms with Crippen LogP contribution in [0.2, 0.25) is 5.02 Å². The minimum atomic E-state index is -1.16. The van der Waals surface area contributed by atoms with Crippen molar-refractivity contribution in [2.45, 2.75) is 52.6 Å². The van der Waals surface area contributed by atoms with Gasteiger partial charge in [0.2, 0.25) is 5.91 Å². The molecular formula is C29H33ClN4O4. The Hall–Kier alpha value is -3.49. The normalized spacial score (nSPS) is 18.0. The lowest BCUT2D eigenvalue weighted by Gasteiger charge is -2.34. The van der Waals surface area contributed by atoms with Gasteiger partial charge in [0.15, 0.2) is 0 Å². The summed E-state index contributed by atoms with van der Waals surface area (Å²) in [4.78, 5) is 35.3. The first-order valence-corrected chi connectivity index (χ1v) is 12.9. The molecule has 2 atom stereocenters. The average Bonchev–Trinajstić information content (AvgIpc) is 3.15. The molecule has 0 saturated carbocycles. The van der Waals surface area contributed by atoms with Gasteiger partial charge in [0, 0.05) is 28.7 Å². The van der Waals surface area contributed by atoms with E-state index in [1.165, 1.54) is 0 Å². The van der Waals surface area contributed by atoms with Crippen LogP contribution in [0, 0.1) is 12.8 Å². The number of carboxylic acids is 1. The number of hydrogen-bond acceptors (Lipinski definition) is 5. The molecule has 4 rings (SSSR count). The number of aliphatic carboxylic acids is 1. The molecule has 0 spiro atoms. The van der Waals surface area contributed by atoms with Gasteiger partial charge in [0.1, 0.15) is 5.82 Å². The summed E-state index contributed by atoms with van der Waals surface area (Å²) in [5, 5.41) is 13.7. The maximum absolute atomic E-state index is 13.4. The smallest absolute Gasteiger partial charge is 0.334 e.